The van der Waals surface area contributed by atoms with Gasteiger partial charge < -0.3 is 15.9 Å². The lowest BCUT2D eigenvalue weighted by atomic mass is 10.2. The maximum absolute atomic E-state index is 10.7. The molecule has 1 aromatic rings. The van der Waals surface area contributed by atoms with E-state index in [9.17, 15) is 9.59 Å². The Morgan fingerprint density at radius 3 is 2.06 bits per heavy atom. The Hall–Kier alpha value is -2.42. The van der Waals surface area contributed by atoms with Gasteiger partial charge in [0, 0.05) is 0 Å². The molecule has 0 aromatic carbocycles. The van der Waals surface area contributed by atoms with Crippen molar-refractivity contribution in [1.82, 2.24) is 10.4 Å². The van der Waals surface area contributed by atoms with Crippen LogP contribution in [0, 0.1) is 0 Å². The van der Waals surface area contributed by atoms with Crippen LogP contribution in [-0.2, 0) is 0 Å². The molecule has 8 nitrogen and oxygen atoms in total. The fourth-order valence-electron chi connectivity index (χ4n) is 0.956. The van der Waals surface area contributed by atoms with Gasteiger partial charge in [0.2, 0.25) is 0 Å². The van der Waals surface area contributed by atoms with E-state index < -0.39 is 23.3 Å². The number of carboxylic acids is 2. The van der Waals surface area contributed by atoms with E-state index in [1.54, 1.807) is 0 Å². The quantitative estimate of drug-likeness (QED) is 0.361. The number of carbonyl (C=O) groups is 2. The molecule has 1 aromatic heterocycles. The maximum atomic E-state index is 10.7. The summed E-state index contributed by atoms with van der Waals surface area (Å²) in [7, 11) is 0. The van der Waals surface area contributed by atoms with Crippen molar-refractivity contribution < 1.29 is 19.8 Å². The molecule has 0 bridgehead atoms. The Bertz CT molecular complexity index is 458. The zero-order chi connectivity index (χ0) is 13.0. The summed E-state index contributed by atoms with van der Waals surface area (Å²) in [5.41, 5.74) is 9.30. The largest absolute Gasteiger partial charge is 0.477 e. The number of carboxylic acid groups (broad SMARTS) is 2. The molecule has 17 heavy (non-hydrogen) atoms. The number of rotatable bonds is 4. The van der Waals surface area contributed by atoms with Gasteiger partial charge in [0.05, 0.1) is 5.69 Å². The molecule has 0 aliphatic heterocycles. The Morgan fingerprint density at radius 2 is 1.71 bits per heavy atom. The summed E-state index contributed by atoms with van der Waals surface area (Å²) < 4.78 is 0. The average molecular weight is 256 g/mol. The Kier molecular flexibility index (Phi) is 3.78. The number of aromatic carboxylic acids is 2. The van der Waals surface area contributed by atoms with Gasteiger partial charge in [-0.3, -0.25) is 10.9 Å². The van der Waals surface area contributed by atoms with Crippen LogP contribution in [0.15, 0.2) is 12.1 Å². The van der Waals surface area contributed by atoms with E-state index in [-0.39, 0.29) is 10.8 Å². The van der Waals surface area contributed by atoms with E-state index >= 15 is 0 Å². The fraction of sp³-hybridized carbons (Fsp3) is 0. The van der Waals surface area contributed by atoms with E-state index in [0.29, 0.717) is 0 Å². The summed E-state index contributed by atoms with van der Waals surface area (Å²) in [6.07, 6.45) is 0. The average Bonchev–Trinajstić information content (AvgIpc) is 2.25. The normalized spacial score (nSPS) is 9.41. The summed E-state index contributed by atoms with van der Waals surface area (Å²) in [4.78, 5) is 24.9. The SMILES string of the molecule is NC(=S)NNc1cc(C(=O)O)nc(C(=O)O)c1. The van der Waals surface area contributed by atoms with Crippen LogP contribution in [0.5, 0.6) is 0 Å². The van der Waals surface area contributed by atoms with Crippen molar-refractivity contribution >= 4 is 35.0 Å². The predicted octanol–water partition coefficient (Wildman–Crippen LogP) is -0.362. The first-order chi connectivity index (χ1) is 7.90. The van der Waals surface area contributed by atoms with Gasteiger partial charge in [-0.1, -0.05) is 0 Å². The van der Waals surface area contributed by atoms with Crippen molar-refractivity contribution in [1.29, 1.82) is 0 Å². The topological polar surface area (TPSA) is 138 Å². The lowest BCUT2D eigenvalue weighted by molar-refractivity contribution is 0.0685. The summed E-state index contributed by atoms with van der Waals surface area (Å²) in [5.74, 6) is -2.68. The van der Waals surface area contributed by atoms with Crippen LogP contribution in [0.1, 0.15) is 21.0 Å². The highest BCUT2D eigenvalue weighted by molar-refractivity contribution is 7.80. The van der Waals surface area contributed by atoms with Crippen LogP contribution in [0.4, 0.5) is 5.69 Å². The van der Waals surface area contributed by atoms with E-state index in [0.717, 1.165) is 12.1 Å². The number of hydrazine groups is 1. The number of anilines is 1. The van der Waals surface area contributed by atoms with Crippen molar-refractivity contribution in [3.8, 4) is 0 Å². The monoisotopic (exact) mass is 256 g/mol. The van der Waals surface area contributed by atoms with Crippen LogP contribution >= 0.6 is 12.2 Å². The third kappa shape index (κ3) is 3.57. The predicted molar refractivity (Wildman–Crippen MR) is 61.7 cm³/mol. The van der Waals surface area contributed by atoms with Crippen LogP contribution in [0.25, 0.3) is 0 Å². The van der Waals surface area contributed by atoms with Crippen LogP contribution < -0.4 is 16.6 Å². The molecule has 0 fully saturated rings. The Balaban J connectivity index is 3.08. The van der Waals surface area contributed by atoms with Crippen molar-refractivity contribution in [2.45, 2.75) is 0 Å². The molecular formula is C8H8N4O4S. The van der Waals surface area contributed by atoms with Crippen molar-refractivity contribution in [2.75, 3.05) is 5.43 Å². The molecule has 9 heteroatoms. The molecule has 0 unspecified atom stereocenters. The molecule has 0 saturated heterocycles. The highest BCUT2D eigenvalue weighted by Gasteiger charge is 2.13. The third-order valence-corrected chi connectivity index (χ3v) is 1.70. The number of hydrogen-bond donors (Lipinski definition) is 5. The van der Waals surface area contributed by atoms with E-state index in [1.165, 1.54) is 0 Å². The minimum atomic E-state index is -1.34. The Labute approximate surface area is 100 Å². The molecule has 0 aliphatic rings. The first-order valence-electron chi connectivity index (χ1n) is 4.20. The first-order valence-corrected chi connectivity index (χ1v) is 4.61. The van der Waals surface area contributed by atoms with Crippen molar-refractivity contribution in [3.63, 3.8) is 0 Å². The summed E-state index contributed by atoms with van der Waals surface area (Å²) >= 11 is 4.52. The summed E-state index contributed by atoms with van der Waals surface area (Å²) in [6.45, 7) is 0. The number of thiocarbonyl (C=S) groups is 1. The molecule has 0 saturated carbocycles. The second-order valence-electron chi connectivity index (χ2n) is 2.85. The van der Waals surface area contributed by atoms with Gasteiger partial charge in [-0.05, 0) is 24.4 Å². The van der Waals surface area contributed by atoms with E-state index in [1.807, 2.05) is 0 Å². The van der Waals surface area contributed by atoms with Crippen LogP contribution in [0.2, 0.25) is 0 Å². The van der Waals surface area contributed by atoms with Gasteiger partial charge in [-0.15, -0.1) is 0 Å². The lowest BCUT2D eigenvalue weighted by Crippen LogP contribution is -2.34. The second kappa shape index (κ2) is 5.07. The number of pyridine rings is 1. The minimum Gasteiger partial charge on any atom is -0.477 e. The van der Waals surface area contributed by atoms with Crippen LogP contribution in [-0.4, -0.2) is 32.2 Å². The van der Waals surface area contributed by atoms with Gasteiger partial charge >= 0.3 is 11.9 Å². The molecule has 6 N–H and O–H groups in total. The van der Waals surface area contributed by atoms with Crippen molar-refractivity contribution in [2.24, 2.45) is 5.73 Å². The van der Waals surface area contributed by atoms with Gasteiger partial charge in [-0.2, -0.15) is 0 Å². The van der Waals surface area contributed by atoms with Gasteiger partial charge in [0.15, 0.2) is 16.5 Å². The molecule has 0 aliphatic carbocycles. The number of nitrogens with two attached hydrogens (primary N) is 1. The third-order valence-electron chi connectivity index (χ3n) is 1.59. The number of nitrogens with zero attached hydrogens (tertiary/aromatic N) is 1. The minimum absolute atomic E-state index is 0.0736. The Morgan fingerprint density at radius 1 is 1.24 bits per heavy atom. The summed E-state index contributed by atoms with van der Waals surface area (Å²) in [5, 5.41) is 17.4. The highest BCUT2D eigenvalue weighted by Crippen LogP contribution is 2.11. The number of hydrogen-bond acceptors (Lipinski definition) is 5. The van der Waals surface area contributed by atoms with Crippen molar-refractivity contribution in [3.05, 3.63) is 23.5 Å². The maximum Gasteiger partial charge on any atom is 0.354 e. The van der Waals surface area contributed by atoms with Gasteiger partial charge in [0.1, 0.15) is 0 Å². The molecule has 1 rings (SSSR count). The standard InChI is InChI=1S/C8H8N4O4S/c9-8(17)12-11-3-1-4(6(13)14)10-5(2-3)7(15)16/h1-2H,(H,10,11)(H,13,14)(H,15,16)(H3,9,12,17). The zero-order valence-electron chi connectivity index (χ0n) is 8.30. The smallest absolute Gasteiger partial charge is 0.354 e. The van der Waals surface area contributed by atoms with Crippen LogP contribution in [0.3, 0.4) is 0 Å². The molecule has 0 spiro atoms. The lowest BCUT2D eigenvalue weighted by Gasteiger charge is -2.08. The zero-order valence-corrected chi connectivity index (χ0v) is 9.11. The number of nitrogens with one attached hydrogen (secondary N) is 2. The number of aromatic nitrogens is 1. The highest BCUT2D eigenvalue weighted by atomic mass is 32.1. The van der Waals surface area contributed by atoms with Gasteiger partial charge in [0.25, 0.3) is 0 Å². The molecule has 90 valence electrons. The molecule has 0 atom stereocenters. The van der Waals surface area contributed by atoms with E-state index in [4.69, 9.17) is 15.9 Å². The molecule has 1 heterocycles. The second-order valence-corrected chi connectivity index (χ2v) is 3.29. The first kappa shape index (κ1) is 12.6. The fourth-order valence-corrected chi connectivity index (χ4v) is 1.01. The summed E-state index contributed by atoms with van der Waals surface area (Å²) in [6, 6.07) is 2.28. The van der Waals surface area contributed by atoms with Gasteiger partial charge in [-0.25, -0.2) is 14.6 Å². The molecule has 0 radical (unpaired) electrons. The van der Waals surface area contributed by atoms with E-state index in [2.05, 4.69) is 28.1 Å². The molecule has 0 amide bonds. The molecular weight excluding hydrogens is 248 g/mol.